The first-order chi connectivity index (χ1) is 9.09. The van der Waals surface area contributed by atoms with Gasteiger partial charge in [0.05, 0.1) is 12.2 Å². The van der Waals surface area contributed by atoms with Crippen molar-refractivity contribution in [3.05, 3.63) is 29.8 Å². The molecule has 1 aliphatic rings. The van der Waals surface area contributed by atoms with E-state index in [2.05, 4.69) is 11.9 Å². The summed E-state index contributed by atoms with van der Waals surface area (Å²) in [5.74, 6) is 2.91. The van der Waals surface area contributed by atoms with Crippen molar-refractivity contribution in [2.45, 2.75) is 32.1 Å². The zero-order valence-electron chi connectivity index (χ0n) is 11.9. The fourth-order valence-corrected chi connectivity index (χ4v) is 3.59. The molecule has 1 heterocycles. The summed E-state index contributed by atoms with van der Waals surface area (Å²) in [4.78, 5) is 2.24. The Morgan fingerprint density at radius 1 is 1.37 bits per heavy atom. The molecular formula is C15H23NO2S. The SMILES string of the molecule is CC(C)Oc1ccccc1C(O)C1CSCCN1C. The Kier molecular flexibility index (Phi) is 5.13. The number of hydrogen-bond donors (Lipinski definition) is 1. The van der Waals surface area contributed by atoms with Crippen molar-refractivity contribution in [3.8, 4) is 5.75 Å². The number of ether oxygens (including phenoxy) is 1. The minimum absolute atomic E-state index is 0.117. The number of benzene rings is 1. The molecule has 0 aliphatic carbocycles. The van der Waals surface area contributed by atoms with Crippen molar-refractivity contribution >= 4 is 11.8 Å². The topological polar surface area (TPSA) is 32.7 Å². The number of aliphatic hydroxyl groups is 1. The molecule has 0 aromatic heterocycles. The molecule has 1 N–H and O–H groups in total. The number of para-hydroxylation sites is 1. The van der Waals surface area contributed by atoms with E-state index in [1.807, 2.05) is 49.9 Å². The summed E-state index contributed by atoms with van der Waals surface area (Å²) in [6.45, 7) is 5.04. The molecule has 2 rings (SSSR count). The van der Waals surface area contributed by atoms with Gasteiger partial charge in [0.25, 0.3) is 0 Å². The van der Waals surface area contributed by atoms with Gasteiger partial charge in [-0.15, -0.1) is 0 Å². The average Bonchev–Trinajstić information content (AvgIpc) is 2.38. The Morgan fingerprint density at radius 2 is 2.11 bits per heavy atom. The monoisotopic (exact) mass is 281 g/mol. The van der Waals surface area contributed by atoms with Crippen LogP contribution in [-0.4, -0.2) is 47.3 Å². The van der Waals surface area contributed by atoms with Crippen LogP contribution < -0.4 is 4.74 Å². The minimum Gasteiger partial charge on any atom is -0.491 e. The molecule has 3 nitrogen and oxygen atoms in total. The first kappa shape index (κ1) is 14.7. The lowest BCUT2D eigenvalue weighted by atomic mass is 10.0. The van der Waals surface area contributed by atoms with Gasteiger partial charge in [-0.1, -0.05) is 18.2 Å². The van der Waals surface area contributed by atoms with E-state index in [0.717, 1.165) is 29.4 Å². The molecule has 0 amide bonds. The van der Waals surface area contributed by atoms with E-state index < -0.39 is 6.10 Å². The number of likely N-dealkylation sites (N-methyl/N-ethyl adjacent to an activating group) is 1. The van der Waals surface area contributed by atoms with Gasteiger partial charge in [-0.3, -0.25) is 4.90 Å². The van der Waals surface area contributed by atoms with Crippen molar-refractivity contribution in [1.29, 1.82) is 0 Å². The number of rotatable bonds is 4. The van der Waals surface area contributed by atoms with Crippen molar-refractivity contribution in [2.24, 2.45) is 0 Å². The summed E-state index contributed by atoms with van der Waals surface area (Å²) in [6.07, 6.45) is -0.375. The summed E-state index contributed by atoms with van der Waals surface area (Å²) in [6, 6.07) is 7.98. The molecule has 2 unspecified atom stereocenters. The molecule has 106 valence electrons. The average molecular weight is 281 g/mol. The van der Waals surface area contributed by atoms with Gasteiger partial charge >= 0.3 is 0 Å². The van der Waals surface area contributed by atoms with Crippen LogP contribution in [-0.2, 0) is 0 Å². The van der Waals surface area contributed by atoms with Gasteiger partial charge in [0.1, 0.15) is 5.75 Å². The molecular weight excluding hydrogens is 258 g/mol. The van der Waals surface area contributed by atoms with Crippen LogP contribution in [0.5, 0.6) is 5.75 Å². The molecule has 1 aliphatic heterocycles. The van der Waals surface area contributed by atoms with Crippen molar-refractivity contribution in [3.63, 3.8) is 0 Å². The van der Waals surface area contributed by atoms with Gasteiger partial charge in [0.2, 0.25) is 0 Å². The maximum Gasteiger partial charge on any atom is 0.125 e. The summed E-state index contributed by atoms with van der Waals surface area (Å²) < 4.78 is 5.81. The third-order valence-electron chi connectivity index (χ3n) is 3.41. The van der Waals surface area contributed by atoms with Crippen molar-refractivity contribution in [2.75, 3.05) is 25.1 Å². The highest BCUT2D eigenvalue weighted by atomic mass is 32.2. The third-order valence-corrected chi connectivity index (χ3v) is 4.46. The zero-order chi connectivity index (χ0) is 13.8. The lowest BCUT2D eigenvalue weighted by Gasteiger charge is -2.36. The Bertz CT molecular complexity index is 411. The molecule has 1 aromatic carbocycles. The molecule has 4 heteroatoms. The van der Waals surface area contributed by atoms with Crippen LogP contribution in [0.4, 0.5) is 0 Å². The zero-order valence-corrected chi connectivity index (χ0v) is 12.7. The van der Waals surface area contributed by atoms with Crippen LogP contribution in [0.25, 0.3) is 0 Å². The Morgan fingerprint density at radius 3 is 2.79 bits per heavy atom. The van der Waals surface area contributed by atoms with Crippen molar-refractivity contribution < 1.29 is 9.84 Å². The second kappa shape index (κ2) is 6.64. The van der Waals surface area contributed by atoms with Crippen molar-refractivity contribution in [1.82, 2.24) is 4.90 Å². The van der Waals surface area contributed by atoms with E-state index >= 15 is 0 Å². The molecule has 0 radical (unpaired) electrons. The quantitative estimate of drug-likeness (QED) is 0.919. The van der Waals surface area contributed by atoms with Crippen LogP contribution in [0.15, 0.2) is 24.3 Å². The van der Waals surface area contributed by atoms with Gasteiger partial charge in [0, 0.05) is 29.7 Å². The molecule has 0 saturated carbocycles. The first-order valence-electron chi connectivity index (χ1n) is 6.81. The molecule has 0 spiro atoms. The van der Waals surface area contributed by atoms with Crippen LogP contribution in [0.1, 0.15) is 25.5 Å². The predicted molar refractivity (Wildman–Crippen MR) is 80.9 cm³/mol. The third kappa shape index (κ3) is 3.65. The van der Waals surface area contributed by atoms with Crippen LogP contribution in [0.2, 0.25) is 0 Å². The van der Waals surface area contributed by atoms with Gasteiger partial charge < -0.3 is 9.84 Å². The normalized spacial score (nSPS) is 22.5. The lowest BCUT2D eigenvalue weighted by molar-refractivity contribution is 0.0722. The highest BCUT2D eigenvalue weighted by Gasteiger charge is 2.29. The van der Waals surface area contributed by atoms with E-state index in [0.29, 0.717) is 0 Å². The van der Waals surface area contributed by atoms with Crippen LogP contribution in [0.3, 0.4) is 0 Å². The van der Waals surface area contributed by atoms with Gasteiger partial charge in [-0.25, -0.2) is 0 Å². The van der Waals surface area contributed by atoms with E-state index in [1.165, 1.54) is 0 Å². The number of hydrogen-bond acceptors (Lipinski definition) is 4. The fourth-order valence-electron chi connectivity index (χ4n) is 2.33. The molecule has 0 bridgehead atoms. The Hall–Kier alpha value is -0.710. The number of aliphatic hydroxyl groups excluding tert-OH is 1. The van der Waals surface area contributed by atoms with E-state index in [-0.39, 0.29) is 12.1 Å². The van der Waals surface area contributed by atoms with E-state index in [4.69, 9.17) is 4.74 Å². The maximum absolute atomic E-state index is 10.7. The number of nitrogens with zero attached hydrogens (tertiary/aromatic N) is 1. The molecule has 1 aromatic rings. The van der Waals surface area contributed by atoms with Gasteiger partial charge in [-0.2, -0.15) is 11.8 Å². The molecule has 1 saturated heterocycles. The smallest absolute Gasteiger partial charge is 0.125 e. The standard InChI is InChI=1S/C15H23NO2S/c1-11(2)18-14-7-5-4-6-12(14)15(17)13-10-19-9-8-16(13)3/h4-7,11,13,15,17H,8-10H2,1-3H3. The van der Waals surface area contributed by atoms with Crippen LogP contribution in [0, 0.1) is 0 Å². The summed E-state index contributed by atoms with van der Waals surface area (Å²) >= 11 is 1.91. The Labute approximate surface area is 120 Å². The Balaban J connectivity index is 2.20. The minimum atomic E-state index is -0.493. The first-order valence-corrected chi connectivity index (χ1v) is 7.96. The molecule has 2 atom stereocenters. The summed E-state index contributed by atoms with van der Waals surface area (Å²) in [5, 5.41) is 10.7. The largest absolute Gasteiger partial charge is 0.491 e. The summed E-state index contributed by atoms with van der Waals surface area (Å²) in [5.41, 5.74) is 0.899. The predicted octanol–water partition coefficient (Wildman–Crippen LogP) is 2.55. The fraction of sp³-hybridized carbons (Fsp3) is 0.600. The molecule has 1 fully saturated rings. The highest BCUT2D eigenvalue weighted by molar-refractivity contribution is 7.99. The van der Waals surface area contributed by atoms with Crippen LogP contribution >= 0.6 is 11.8 Å². The highest BCUT2D eigenvalue weighted by Crippen LogP contribution is 2.32. The second-order valence-electron chi connectivity index (χ2n) is 5.27. The maximum atomic E-state index is 10.7. The lowest BCUT2D eigenvalue weighted by Crippen LogP contribution is -2.43. The van der Waals surface area contributed by atoms with Gasteiger partial charge in [-0.05, 0) is 27.0 Å². The van der Waals surface area contributed by atoms with E-state index in [9.17, 15) is 5.11 Å². The van der Waals surface area contributed by atoms with Gasteiger partial charge in [0.15, 0.2) is 0 Å². The summed E-state index contributed by atoms with van der Waals surface area (Å²) in [7, 11) is 2.08. The number of thioether (sulfide) groups is 1. The molecule has 19 heavy (non-hydrogen) atoms. The second-order valence-corrected chi connectivity index (χ2v) is 6.42. The van der Waals surface area contributed by atoms with E-state index in [1.54, 1.807) is 0 Å².